The summed E-state index contributed by atoms with van der Waals surface area (Å²) < 4.78 is 85.0. The summed E-state index contributed by atoms with van der Waals surface area (Å²) in [4.78, 5) is 0. The first-order valence-electron chi connectivity index (χ1n) is 9.02. The van der Waals surface area contributed by atoms with E-state index in [2.05, 4.69) is 6.92 Å². The van der Waals surface area contributed by atoms with Crippen LogP contribution >= 0.6 is 0 Å². The van der Waals surface area contributed by atoms with Gasteiger partial charge in [0.05, 0.1) is 6.10 Å². The van der Waals surface area contributed by atoms with Gasteiger partial charge in [-0.2, -0.15) is 26.3 Å². The molecule has 3 rings (SSSR count). The lowest BCUT2D eigenvalue weighted by Crippen LogP contribution is -2.24. The second-order valence-corrected chi connectivity index (χ2v) is 7.36. The number of hydrogen-bond donors (Lipinski definition) is 1. The van der Waals surface area contributed by atoms with Gasteiger partial charge in [-0.05, 0) is 60.1 Å². The van der Waals surface area contributed by atoms with Crippen LogP contribution in [0.15, 0.2) is 30.3 Å². The lowest BCUT2D eigenvalue weighted by atomic mass is 9.89. The fourth-order valence-corrected chi connectivity index (χ4v) is 3.60. The van der Waals surface area contributed by atoms with E-state index in [0.29, 0.717) is 18.8 Å². The predicted molar refractivity (Wildman–Crippen MR) is 92.0 cm³/mol. The van der Waals surface area contributed by atoms with Gasteiger partial charge in [0, 0.05) is 0 Å². The maximum atomic E-state index is 13.7. The molecule has 0 amide bonds. The summed E-state index contributed by atoms with van der Waals surface area (Å²) in [5.41, 5.74) is -1.51. The Bertz CT molecular complexity index is 835. The monoisotopic (exact) mass is 406 g/mol. The van der Waals surface area contributed by atoms with E-state index in [-0.39, 0.29) is 22.6 Å². The molecule has 28 heavy (non-hydrogen) atoms. The molecule has 8 heteroatoms. The van der Waals surface area contributed by atoms with Crippen LogP contribution in [0.3, 0.4) is 0 Å². The molecule has 0 heterocycles. The Morgan fingerprint density at radius 3 is 2.18 bits per heavy atom. The average molecular weight is 406 g/mol. The summed E-state index contributed by atoms with van der Waals surface area (Å²) in [6.07, 6.45) is -9.65. The van der Waals surface area contributed by atoms with Gasteiger partial charge in [-0.3, -0.25) is 0 Å². The first-order valence-corrected chi connectivity index (χ1v) is 9.02. The molecule has 1 atom stereocenters. The van der Waals surface area contributed by atoms with E-state index in [0.717, 1.165) is 37.1 Å². The van der Waals surface area contributed by atoms with Gasteiger partial charge in [0.1, 0.15) is 11.3 Å². The number of benzene rings is 2. The molecule has 1 unspecified atom stereocenters. The number of aliphatic hydroxyl groups is 1. The van der Waals surface area contributed by atoms with Crippen molar-refractivity contribution in [1.29, 1.82) is 0 Å². The van der Waals surface area contributed by atoms with Crippen LogP contribution in [0.2, 0.25) is 0 Å². The molecule has 0 saturated heterocycles. The topological polar surface area (TPSA) is 29.5 Å². The quantitative estimate of drug-likeness (QED) is 0.597. The van der Waals surface area contributed by atoms with Gasteiger partial charge in [-0.15, -0.1) is 0 Å². The molecule has 154 valence electrons. The Balaban J connectivity index is 2.01. The van der Waals surface area contributed by atoms with Gasteiger partial charge in [-0.25, -0.2) is 0 Å². The van der Waals surface area contributed by atoms with Crippen LogP contribution in [0.1, 0.15) is 49.8 Å². The minimum Gasteiger partial charge on any atom is -0.490 e. The van der Waals surface area contributed by atoms with Crippen molar-refractivity contribution >= 4 is 10.8 Å². The van der Waals surface area contributed by atoms with E-state index in [9.17, 15) is 31.4 Å². The van der Waals surface area contributed by atoms with Crippen LogP contribution < -0.4 is 4.74 Å². The van der Waals surface area contributed by atoms with Gasteiger partial charge in [0.2, 0.25) is 0 Å². The van der Waals surface area contributed by atoms with Crippen LogP contribution in [0, 0.1) is 5.92 Å². The van der Waals surface area contributed by atoms with Crippen LogP contribution in [0.5, 0.6) is 5.75 Å². The van der Waals surface area contributed by atoms with E-state index >= 15 is 0 Å². The van der Waals surface area contributed by atoms with Gasteiger partial charge in [0.15, 0.2) is 6.10 Å². The summed E-state index contributed by atoms with van der Waals surface area (Å²) in [5.74, 6) is 0.195. The predicted octanol–water partition coefficient (Wildman–Crippen LogP) is 6.41. The smallest absolute Gasteiger partial charge is 0.420 e. The number of hydrogen-bond acceptors (Lipinski definition) is 2. The van der Waals surface area contributed by atoms with Crippen molar-refractivity contribution < 1.29 is 36.2 Å². The fourth-order valence-electron chi connectivity index (χ4n) is 3.60. The van der Waals surface area contributed by atoms with E-state index in [4.69, 9.17) is 4.74 Å². The molecule has 1 N–H and O–H groups in total. The van der Waals surface area contributed by atoms with Crippen molar-refractivity contribution in [2.75, 3.05) is 0 Å². The van der Waals surface area contributed by atoms with Crippen LogP contribution in [-0.4, -0.2) is 17.4 Å². The number of alkyl halides is 6. The summed E-state index contributed by atoms with van der Waals surface area (Å²) in [6, 6.07) is 5.18. The van der Waals surface area contributed by atoms with E-state index in [1.54, 1.807) is 0 Å². The highest BCUT2D eigenvalue weighted by atomic mass is 19.4. The summed E-state index contributed by atoms with van der Waals surface area (Å²) in [7, 11) is 0. The molecule has 1 fully saturated rings. The highest BCUT2D eigenvalue weighted by molar-refractivity contribution is 5.89. The minimum atomic E-state index is -4.90. The second kappa shape index (κ2) is 7.46. The normalized spacial score (nSPS) is 22.3. The molecule has 0 radical (unpaired) electrons. The SMILES string of the molecule is C[C@H]1CC[C@@H](Oc2ccc3cc(C(O)C(F)(F)F)ccc3c2C(F)(F)F)CC1. The molecule has 0 bridgehead atoms. The van der Waals surface area contributed by atoms with E-state index < -0.39 is 29.6 Å². The third-order valence-electron chi connectivity index (χ3n) is 5.17. The Hall–Kier alpha value is -1.96. The molecule has 2 aromatic rings. The van der Waals surface area contributed by atoms with Crippen molar-refractivity contribution in [3.63, 3.8) is 0 Å². The fraction of sp³-hybridized carbons (Fsp3) is 0.500. The Kier molecular flexibility index (Phi) is 5.53. The largest absolute Gasteiger partial charge is 0.490 e. The molecule has 1 aliphatic carbocycles. The van der Waals surface area contributed by atoms with Crippen molar-refractivity contribution in [3.8, 4) is 5.75 Å². The molecule has 0 aliphatic heterocycles. The zero-order chi connectivity index (χ0) is 20.7. The van der Waals surface area contributed by atoms with Gasteiger partial charge in [-0.1, -0.05) is 25.1 Å². The lowest BCUT2D eigenvalue weighted by Gasteiger charge is -2.28. The van der Waals surface area contributed by atoms with Crippen LogP contribution in [0.4, 0.5) is 26.3 Å². The van der Waals surface area contributed by atoms with Crippen LogP contribution in [0.25, 0.3) is 10.8 Å². The average Bonchev–Trinajstić information content (AvgIpc) is 2.60. The molecular formula is C20H20F6O2. The lowest BCUT2D eigenvalue weighted by molar-refractivity contribution is -0.206. The van der Waals surface area contributed by atoms with E-state index in [1.165, 1.54) is 6.07 Å². The minimum absolute atomic E-state index is 0.0438. The second-order valence-electron chi connectivity index (χ2n) is 7.36. The molecule has 2 aromatic carbocycles. The zero-order valence-electron chi connectivity index (χ0n) is 15.1. The Labute approximate surface area is 158 Å². The zero-order valence-corrected chi connectivity index (χ0v) is 15.1. The Morgan fingerprint density at radius 1 is 0.964 bits per heavy atom. The van der Waals surface area contributed by atoms with Crippen molar-refractivity contribution in [1.82, 2.24) is 0 Å². The molecule has 0 aromatic heterocycles. The first kappa shape index (κ1) is 20.8. The van der Waals surface area contributed by atoms with Crippen molar-refractivity contribution in [2.24, 2.45) is 5.92 Å². The number of ether oxygens (including phenoxy) is 1. The third kappa shape index (κ3) is 4.37. The number of aliphatic hydroxyl groups excluding tert-OH is 1. The number of fused-ring (bicyclic) bond motifs is 1. The first-order chi connectivity index (χ1) is 13.0. The maximum absolute atomic E-state index is 13.7. The van der Waals surface area contributed by atoms with Crippen molar-refractivity contribution in [3.05, 3.63) is 41.5 Å². The summed E-state index contributed by atoms with van der Waals surface area (Å²) in [6.45, 7) is 2.08. The summed E-state index contributed by atoms with van der Waals surface area (Å²) in [5, 5.41) is 9.07. The van der Waals surface area contributed by atoms with Gasteiger partial charge in [0.25, 0.3) is 0 Å². The Morgan fingerprint density at radius 2 is 1.61 bits per heavy atom. The highest BCUT2D eigenvalue weighted by Gasteiger charge is 2.40. The molecule has 2 nitrogen and oxygen atoms in total. The van der Waals surface area contributed by atoms with Gasteiger partial charge < -0.3 is 9.84 Å². The number of rotatable bonds is 3. The van der Waals surface area contributed by atoms with E-state index in [1.807, 2.05) is 0 Å². The number of halogens is 6. The van der Waals surface area contributed by atoms with Gasteiger partial charge >= 0.3 is 12.4 Å². The molecular weight excluding hydrogens is 386 g/mol. The standard InChI is InChI=1S/C20H20F6O2/c1-11-2-6-14(7-3-11)28-16-9-5-12-10-13(18(27)20(24,25)26)4-8-15(12)17(16)19(21,22)23/h4-5,8-11,14,18,27H,2-3,6-7H2,1H3/t11-,14+,18?. The third-order valence-corrected chi connectivity index (χ3v) is 5.17. The maximum Gasteiger partial charge on any atom is 0.420 e. The molecule has 1 aliphatic rings. The molecule has 0 spiro atoms. The molecule has 1 saturated carbocycles. The summed E-state index contributed by atoms with van der Waals surface area (Å²) >= 11 is 0. The van der Waals surface area contributed by atoms with Crippen molar-refractivity contribution in [2.45, 2.75) is 57.2 Å². The highest BCUT2D eigenvalue weighted by Crippen LogP contribution is 2.43. The van der Waals surface area contributed by atoms with Crippen LogP contribution in [-0.2, 0) is 6.18 Å².